The Morgan fingerprint density at radius 3 is 2.48 bits per heavy atom. The monoisotopic (exact) mass is 288 g/mol. The minimum absolute atomic E-state index is 0.458. The van der Waals surface area contributed by atoms with Crippen LogP contribution in [-0.2, 0) is 0 Å². The highest BCUT2D eigenvalue weighted by Gasteiger charge is 2.33. The van der Waals surface area contributed by atoms with Gasteiger partial charge in [0.2, 0.25) is 0 Å². The first-order chi connectivity index (χ1) is 9.95. The van der Waals surface area contributed by atoms with E-state index in [1.807, 2.05) is 18.5 Å². The highest BCUT2D eigenvalue weighted by molar-refractivity contribution is 5.13. The maximum absolute atomic E-state index is 4.26. The van der Waals surface area contributed by atoms with E-state index in [2.05, 4.69) is 50.7 Å². The molecule has 0 radical (unpaired) electrons. The largest absolute Gasteiger partial charge is 0.297 e. The molecular formula is C19H32N2. The Bertz CT molecular complexity index is 418. The zero-order valence-electron chi connectivity index (χ0n) is 14.5. The fraction of sp³-hybridized carbons (Fsp3) is 0.737. The van der Waals surface area contributed by atoms with Gasteiger partial charge in [-0.15, -0.1) is 0 Å². The highest BCUT2D eigenvalue weighted by Crippen LogP contribution is 2.42. The molecule has 0 spiro atoms. The number of hydrogen-bond acceptors (Lipinski definition) is 2. The van der Waals surface area contributed by atoms with Crippen LogP contribution in [0.4, 0.5) is 0 Å². The van der Waals surface area contributed by atoms with E-state index in [0.717, 1.165) is 12.0 Å². The third kappa shape index (κ3) is 3.85. The van der Waals surface area contributed by atoms with Crippen molar-refractivity contribution in [1.29, 1.82) is 0 Å². The molecule has 0 saturated heterocycles. The fourth-order valence-electron chi connectivity index (χ4n) is 3.73. The van der Waals surface area contributed by atoms with Gasteiger partial charge in [0.25, 0.3) is 0 Å². The molecule has 1 fully saturated rings. The highest BCUT2D eigenvalue weighted by atomic mass is 15.2. The summed E-state index contributed by atoms with van der Waals surface area (Å²) in [5.74, 6) is 0.904. The van der Waals surface area contributed by atoms with E-state index in [-0.39, 0.29) is 0 Å². The lowest BCUT2D eigenvalue weighted by Gasteiger charge is -2.42. The van der Waals surface area contributed by atoms with Crippen LogP contribution in [0.2, 0.25) is 0 Å². The van der Waals surface area contributed by atoms with E-state index in [1.54, 1.807) is 0 Å². The molecule has 21 heavy (non-hydrogen) atoms. The van der Waals surface area contributed by atoms with Gasteiger partial charge in [0.1, 0.15) is 0 Å². The molecule has 0 aliphatic heterocycles. The fourth-order valence-corrected chi connectivity index (χ4v) is 3.73. The normalized spacial score (nSPS) is 25.0. The average Bonchev–Trinajstić information content (AvgIpc) is 2.54. The number of pyridine rings is 1. The molecule has 1 aliphatic rings. The van der Waals surface area contributed by atoms with Crippen LogP contribution in [-0.4, -0.2) is 23.0 Å². The maximum Gasteiger partial charge on any atom is 0.0335 e. The molecule has 1 unspecified atom stereocenters. The number of rotatable bonds is 5. The molecule has 2 rings (SSSR count). The second-order valence-electron chi connectivity index (χ2n) is 7.48. The SMILES string of the molecule is CCC(C)(C)[C@H]1CC[C@@H](N(C)C(C)c2cccnc2)CC1. The zero-order valence-corrected chi connectivity index (χ0v) is 14.5. The standard InChI is InChI=1S/C19H32N2/c1-6-19(3,4)17-9-11-18(12-10-17)21(5)15(2)16-8-7-13-20-14-16/h7-8,13-15,17-18H,6,9-12H2,1-5H3/t15?,17-,18+. The Balaban J connectivity index is 1.93. The van der Waals surface area contributed by atoms with Gasteiger partial charge < -0.3 is 0 Å². The molecule has 0 bridgehead atoms. The predicted octanol–water partition coefficient (Wildman–Crippen LogP) is 5.07. The summed E-state index contributed by atoms with van der Waals surface area (Å²) >= 11 is 0. The second-order valence-corrected chi connectivity index (χ2v) is 7.48. The number of hydrogen-bond donors (Lipinski definition) is 0. The maximum atomic E-state index is 4.26. The number of nitrogens with zero attached hydrogens (tertiary/aromatic N) is 2. The molecule has 1 aromatic heterocycles. The van der Waals surface area contributed by atoms with Crippen LogP contribution in [0.25, 0.3) is 0 Å². The molecule has 0 N–H and O–H groups in total. The van der Waals surface area contributed by atoms with Crippen molar-refractivity contribution >= 4 is 0 Å². The van der Waals surface area contributed by atoms with E-state index in [0.29, 0.717) is 11.5 Å². The molecule has 0 aromatic carbocycles. The topological polar surface area (TPSA) is 16.1 Å². The summed E-state index contributed by atoms with van der Waals surface area (Å²) in [6, 6.07) is 5.42. The average molecular weight is 288 g/mol. The van der Waals surface area contributed by atoms with E-state index < -0.39 is 0 Å². The Morgan fingerprint density at radius 2 is 1.95 bits per heavy atom. The molecule has 1 aliphatic carbocycles. The predicted molar refractivity (Wildman–Crippen MR) is 90.2 cm³/mol. The summed E-state index contributed by atoms with van der Waals surface area (Å²) in [6.45, 7) is 9.53. The van der Waals surface area contributed by atoms with Gasteiger partial charge in [0.05, 0.1) is 0 Å². The van der Waals surface area contributed by atoms with Crippen molar-refractivity contribution in [2.75, 3.05) is 7.05 Å². The molecule has 1 atom stereocenters. The van der Waals surface area contributed by atoms with Crippen molar-refractivity contribution in [3.63, 3.8) is 0 Å². The molecule has 0 amide bonds. The van der Waals surface area contributed by atoms with Crippen molar-refractivity contribution in [2.45, 2.75) is 71.9 Å². The van der Waals surface area contributed by atoms with Crippen molar-refractivity contribution < 1.29 is 0 Å². The van der Waals surface area contributed by atoms with E-state index in [4.69, 9.17) is 0 Å². The lowest BCUT2D eigenvalue weighted by atomic mass is 9.68. The Kier molecular flexibility index (Phi) is 5.43. The van der Waals surface area contributed by atoms with Crippen molar-refractivity contribution in [1.82, 2.24) is 9.88 Å². The zero-order chi connectivity index (χ0) is 15.5. The van der Waals surface area contributed by atoms with E-state index in [9.17, 15) is 0 Å². The van der Waals surface area contributed by atoms with Crippen LogP contribution in [0.15, 0.2) is 24.5 Å². The summed E-state index contributed by atoms with van der Waals surface area (Å²) in [7, 11) is 2.29. The minimum atomic E-state index is 0.458. The molecule has 118 valence electrons. The Morgan fingerprint density at radius 1 is 1.29 bits per heavy atom. The van der Waals surface area contributed by atoms with Crippen LogP contribution < -0.4 is 0 Å². The van der Waals surface area contributed by atoms with Gasteiger partial charge in [-0.25, -0.2) is 0 Å². The third-order valence-corrected chi connectivity index (χ3v) is 6.07. The van der Waals surface area contributed by atoms with Crippen molar-refractivity contribution in [3.05, 3.63) is 30.1 Å². The Labute approximate surface area is 131 Å². The molecule has 1 heterocycles. The molecule has 2 nitrogen and oxygen atoms in total. The second kappa shape index (κ2) is 6.91. The van der Waals surface area contributed by atoms with E-state index >= 15 is 0 Å². The first kappa shape index (κ1) is 16.5. The van der Waals surface area contributed by atoms with Crippen LogP contribution in [0.3, 0.4) is 0 Å². The van der Waals surface area contributed by atoms with Crippen LogP contribution >= 0.6 is 0 Å². The van der Waals surface area contributed by atoms with Crippen LogP contribution in [0.5, 0.6) is 0 Å². The minimum Gasteiger partial charge on any atom is -0.297 e. The lowest BCUT2D eigenvalue weighted by Crippen LogP contribution is -2.39. The first-order valence-electron chi connectivity index (χ1n) is 8.57. The van der Waals surface area contributed by atoms with Gasteiger partial charge in [-0.3, -0.25) is 9.88 Å². The molecule has 1 aromatic rings. The van der Waals surface area contributed by atoms with Gasteiger partial charge in [-0.2, -0.15) is 0 Å². The van der Waals surface area contributed by atoms with E-state index in [1.165, 1.54) is 37.7 Å². The summed E-state index contributed by atoms with van der Waals surface area (Å²) in [4.78, 5) is 6.82. The van der Waals surface area contributed by atoms with Crippen LogP contribution in [0, 0.1) is 11.3 Å². The van der Waals surface area contributed by atoms with Gasteiger partial charge in [0.15, 0.2) is 0 Å². The summed E-state index contributed by atoms with van der Waals surface area (Å²) in [5.41, 5.74) is 1.84. The van der Waals surface area contributed by atoms with Gasteiger partial charge in [-0.05, 0) is 62.6 Å². The Hall–Kier alpha value is -0.890. The van der Waals surface area contributed by atoms with Gasteiger partial charge >= 0.3 is 0 Å². The van der Waals surface area contributed by atoms with Gasteiger partial charge in [0, 0.05) is 24.5 Å². The van der Waals surface area contributed by atoms with Gasteiger partial charge in [-0.1, -0.05) is 33.3 Å². The molecular weight excluding hydrogens is 256 g/mol. The van der Waals surface area contributed by atoms with Crippen molar-refractivity contribution in [3.8, 4) is 0 Å². The molecule has 1 saturated carbocycles. The quantitative estimate of drug-likeness (QED) is 0.752. The smallest absolute Gasteiger partial charge is 0.0335 e. The number of aromatic nitrogens is 1. The molecule has 2 heteroatoms. The first-order valence-corrected chi connectivity index (χ1v) is 8.57. The lowest BCUT2D eigenvalue weighted by molar-refractivity contribution is 0.0806. The summed E-state index contributed by atoms with van der Waals surface area (Å²) < 4.78 is 0. The van der Waals surface area contributed by atoms with Crippen molar-refractivity contribution in [2.24, 2.45) is 11.3 Å². The summed E-state index contributed by atoms with van der Waals surface area (Å²) in [6.07, 6.45) is 10.6. The van der Waals surface area contributed by atoms with Crippen LogP contribution in [0.1, 0.15) is 71.4 Å². The third-order valence-electron chi connectivity index (χ3n) is 6.07. The summed E-state index contributed by atoms with van der Waals surface area (Å²) in [5, 5.41) is 0.